The Kier molecular flexibility index (Phi) is 3.32. The lowest BCUT2D eigenvalue weighted by atomic mass is 9.99. The molecule has 1 aliphatic rings. The second-order valence-electron chi connectivity index (χ2n) is 3.61. The Hall–Kier alpha value is -0.670. The van der Waals surface area contributed by atoms with E-state index in [1.165, 1.54) is 4.88 Å². The van der Waals surface area contributed by atoms with E-state index in [9.17, 15) is 4.79 Å². The molecule has 0 bridgehead atoms. The largest absolute Gasteiger partial charge is 0.381 e. The number of hydrogen-bond donors (Lipinski definition) is 0. The average molecular weight is 210 g/mol. The summed E-state index contributed by atoms with van der Waals surface area (Å²) in [7, 11) is 0. The van der Waals surface area contributed by atoms with Gasteiger partial charge in [-0.1, -0.05) is 6.07 Å². The van der Waals surface area contributed by atoms with Crippen LogP contribution in [0.2, 0.25) is 0 Å². The van der Waals surface area contributed by atoms with Gasteiger partial charge < -0.3 is 4.74 Å². The molecule has 0 amide bonds. The molecule has 0 spiro atoms. The highest BCUT2D eigenvalue weighted by Crippen LogP contribution is 2.17. The fourth-order valence-electron chi connectivity index (χ4n) is 1.69. The number of aryl methyl sites for hydroxylation is 1. The van der Waals surface area contributed by atoms with Crippen molar-refractivity contribution in [2.75, 3.05) is 13.2 Å². The van der Waals surface area contributed by atoms with Crippen molar-refractivity contribution in [2.24, 2.45) is 5.92 Å². The zero-order chi connectivity index (χ0) is 9.80. The maximum absolute atomic E-state index is 11.7. The third-order valence-electron chi connectivity index (χ3n) is 2.58. The fraction of sp³-hybridized carbons (Fsp3) is 0.545. The number of ether oxygens (including phenoxy) is 1. The van der Waals surface area contributed by atoms with Gasteiger partial charge in [-0.2, -0.15) is 0 Å². The van der Waals surface area contributed by atoms with Crippen LogP contribution in [0.15, 0.2) is 17.5 Å². The zero-order valence-electron chi connectivity index (χ0n) is 8.07. The van der Waals surface area contributed by atoms with Gasteiger partial charge in [0.25, 0.3) is 0 Å². The predicted molar refractivity (Wildman–Crippen MR) is 56.6 cm³/mol. The quantitative estimate of drug-likeness (QED) is 0.762. The van der Waals surface area contributed by atoms with Crippen molar-refractivity contribution >= 4 is 17.1 Å². The van der Waals surface area contributed by atoms with Gasteiger partial charge in [0.05, 0.1) is 6.61 Å². The van der Waals surface area contributed by atoms with Gasteiger partial charge in [-0.25, -0.2) is 0 Å². The lowest BCUT2D eigenvalue weighted by molar-refractivity contribution is -0.122. The number of hydrogen-bond acceptors (Lipinski definition) is 3. The van der Waals surface area contributed by atoms with Crippen LogP contribution in [0.1, 0.15) is 17.7 Å². The Bertz CT molecular complexity index is 286. The first kappa shape index (κ1) is 9.87. The number of thiophene rings is 1. The highest BCUT2D eigenvalue weighted by Gasteiger charge is 2.22. The molecular weight excluding hydrogens is 196 g/mol. The second kappa shape index (κ2) is 4.71. The molecule has 0 saturated carbocycles. The van der Waals surface area contributed by atoms with Crippen molar-refractivity contribution in [2.45, 2.75) is 19.3 Å². The molecule has 2 heterocycles. The zero-order valence-corrected chi connectivity index (χ0v) is 8.89. The highest BCUT2D eigenvalue weighted by atomic mass is 32.1. The van der Waals surface area contributed by atoms with E-state index in [2.05, 4.69) is 11.4 Å². The second-order valence-corrected chi connectivity index (χ2v) is 4.64. The lowest BCUT2D eigenvalue weighted by Crippen LogP contribution is -2.14. The van der Waals surface area contributed by atoms with Crippen LogP contribution in [0, 0.1) is 5.92 Å². The first-order chi connectivity index (χ1) is 6.86. The van der Waals surface area contributed by atoms with Crippen molar-refractivity contribution in [3.8, 4) is 0 Å². The fourth-order valence-corrected chi connectivity index (χ4v) is 2.40. The van der Waals surface area contributed by atoms with E-state index in [-0.39, 0.29) is 5.92 Å². The van der Waals surface area contributed by atoms with Crippen LogP contribution in [0.5, 0.6) is 0 Å². The molecule has 0 radical (unpaired) electrons. The summed E-state index contributed by atoms with van der Waals surface area (Å²) >= 11 is 1.72. The summed E-state index contributed by atoms with van der Waals surface area (Å²) in [4.78, 5) is 13.0. The minimum absolute atomic E-state index is 0.176. The van der Waals surface area contributed by atoms with Gasteiger partial charge in [-0.05, 0) is 24.3 Å². The Labute approximate surface area is 87.9 Å². The van der Waals surface area contributed by atoms with Crippen molar-refractivity contribution in [1.82, 2.24) is 0 Å². The van der Waals surface area contributed by atoms with Crippen LogP contribution >= 0.6 is 11.3 Å². The molecule has 1 saturated heterocycles. The molecule has 76 valence electrons. The predicted octanol–water partition coefficient (Wildman–Crippen LogP) is 2.29. The summed E-state index contributed by atoms with van der Waals surface area (Å²) in [6, 6.07) is 4.12. The average Bonchev–Trinajstić information content (AvgIpc) is 2.87. The molecule has 1 aromatic heterocycles. The Morgan fingerprint density at radius 3 is 3.21 bits per heavy atom. The molecule has 2 rings (SSSR count). The first-order valence-electron chi connectivity index (χ1n) is 4.99. The summed E-state index contributed by atoms with van der Waals surface area (Å²) < 4.78 is 5.20. The molecule has 0 aromatic carbocycles. The molecule has 1 unspecified atom stereocenters. The maximum atomic E-state index is 11.7. The Balaban J connectivity index is 1.77. The SMILES string of the molecule is O=C(CCc1cccs1)C1CCOC1. The number of ketones is 1. The van der Waals surface area contributed by atoms with Crippen LogP contribution in [0.3, 0.4) is 0 Å². The van der Waals surface area contributed by atoms with E-state index >= 15 is 0 Å². The van der Waals surface area contributed by atoms with Gasteiger partial charge in [0, 0.05) is 23.8 Å². The van der Waals surface area contributed by atoms with E-state index in [4.69, 9.17) is 4.74 Å². The van der Waals surface area contributed by atoms with E-state index in [0.717, 1.165) is 19.4 Å². The first-order valence-corrected chi connectivity index (χ1v) is 5.87. The minimum Gasteiger partial charge on any atom is -0.381 e. The van der Waals surface area contributed by atoms with E-state index in [0.29, 0.717) is 18.8 Å². The molecule has 1 aliphatic heterocycles. The van der Waals surface area contributed by atoms with Crippen LogP contribution in [0.4, 0.5) is 0 Å². The lowest BCUT2D eigenvalue weighted by Gasteiger charge is -2.04. The molecule has 0 N–H and O–H groups in total. The number of carbonyl (C=O) groups excluding carboxylic acids is 1. The normalized spacial score (nSPS) is 21.3. The Morgan fingerprint density at radius 1 is 1.64 bits per heavy atom. The van der Waals surface area contributed by atoms with Crippen molar-refractivity contribution in [3.63, 3.8) is 0 Å². The van der Waals surface area contributed by atoms with Gasteiger partial charge >= 0.3 is 0 Å². The molecule has 2 nitrogen and oxygen atoms in total. The van der Waals surface area contributed by atoms with Gasteiger partial charge in [-0.15, -0.1) is 11.3 Å². The third-order valence-corrected chi connectivity index (χ3v) is 3.52. The Morgan fingerprint density at radius 2 is 2.57 bits per heavy atom. The summed E-state index contributed by atoms with van der Waals surface area (Å²) in [5.74, 6) is 0.547. The van der Waals surface area contributed by atoms with Crippen molar-refractivity contribution < 1.29 is 9.53 Å². The highest BCUT2D eigenvalue weighted by molar-refractivity contribution is 7.09. The molecule has 14 heavy (non-hydrogen) atoms. The van der Waals surface area contributed by atoms with Gasteiger partial charge in [0.15, 0.2) is 0 Å². The summed E-state index contributed by atoms with van der Waals surface area (Å²) in [5, 5.41) is 2.05. The van der Waals surface area contributed by atoms with E-state index < -0.39 is 0 Å². The smallest absolute Gasteiger partial charge is 0.138 e. The monoisotopic (exact) mass is 210 g/mol. The van der Waals surface area contributed by atoms with Crippen LogP contribution < -0.4 is 0 Å². The van der Waals surface area contributed by atoms with Crippen LogP contribution in [-0.2, 0) is 16.0 Å². The number of rotatable bonds is 4. The van der Waals surface area contributed by atoms with E-state index in [1.54, 1.807) is 11.3 Å². The summed E-state index contributed by atoms with van der Waals surface area (Å²) in [5.41, 5.74) is 0. The van der Waals surface area contributed by atoms with Crippen molar-refractivity contribution in [3.05, 3.63) is 22.4 Å². The molecule has 1 atom stereocenters. The molecule has 3 heteroatoms. The molecular formula is C11H14O2S. The number of carbonyl (C=O) groups is 1. The van der Waals surface area contributed by atoms with Crippen LogP contribution in [-0.4, -0.2) is 19.0 Å². The molecule has 1 fully saturated rings. The van der Waals surface area contributed by atoms with Crippen LogP contribution in [0.25, 0.3) is 0 Å². The van der Waals surface area contributed by atoms with Gasteiger partial charge in [-0.3, -0.25) is 4.79 Å². The van der Waals surface area contributed by atoms with Gasteiger partial charge in [0.2, 0.25) is 0 Å². The minimum atomic E-state index is 0.176. The molecule has 1 aromatic rings. The van der Waals surface area contributed by atoms with E-state index in [1.807, 2.05) is 6.07 Å². The third kappa shape index (κ3) is 2.42. The number of Topliss-reactive ketones (excluding diaryl/α,β-unsaturated/α-hetero) is 1. The maximum Gasteiger partial charge on any atom is 0.138 e. The van der Waals surface area contributed by atoms with Gasteiger partial charge in [0.1, 0.15) is 5.78 Å². The standard InChI is InChI=1S/C11H14O2S/c12-11(9-5-6-13-8-9)4-3-10-2-1-7-14-10/h1-2,7,9H,3-6,8H2. The molecule has 0 aliphatic carbocycles. The summed E-state index contributed by atoms with van der Waals surface area (Å²) in [6.07, 6.45) is 2.49. The van der Waals surface area contributed by atoms with Crippen molar-refractivity contribution in [1.29, 1.82) is 0 Å². The topological polar surface area (TPSA) is 26.3 Å². The summed E-state index contributed by atoms with van der Waals surface area (Å²) in [6.45, 7) is 1.40.